The van der Waals surface area contributed by atoms with E-state index in [-0.39, 0.29) is 18.3 Å². The van der Waals surface area contributed by atoms with E-state index in [1.54, 1.807) is 0 Å². The maximum Gasteiger partial charge on any atom is 0.309 e. The fourth-order valence-corrected chi connectivity index (χ4v) is 5.05. The van der Waals surface area contributed by atoms with Gasteiger partial charge in [-0.05, 0) is 63.0 Å². The molecular formula is C31H26BrNO5. The lowest BCUT2D eigenvalue weighted by atomic mass is 10.1. The number of nitrogens with one attached hydrogen (secondary N) is 1. The van der Waals surface area contributed by atoms with Crippen molar-refractivity contribution in [2.45, 2.75) is 26.0 Å². The molecule has 7 heteroatoms. The minimum Gasteiger partial charge on any atom is -0.484 e. The Labute approximate surface area is 228 Å². The van der Waals surface area contributed by atoms with Gasteiger partial charge >= 0.3 is 5.97 Å². The fraction of sp³-hybridized carbons (Fsp3) is 0.161. The third kappa shape index (κ3) is 5.29. The quantitative estimate of drug-likeness (QED) is 0.198. The van der Waals surface area contributed by atoms with Gasteiger partial charge in [-0.1, -0.05) is 66.7 Å². The van der Waals surface area contributed by atoms with Gasteiger partial charge in [0.1, 0.15) is 17.4 Å². The second-order valence-electron chi connectivity index (χ2n) is 8.97. The number of carbonyl (C=O) groups is 2. The van der Waals surface area contributed by atoms with E-state index in [0.29, 0.717) is 23.6 Å². The number of ether oxygens (including phenoxy) is 2. The molecular weight excluding hydrogens is 546 g/mol. The van der Waals surface area contributed by atoms with E-state index < -0.39 is 6.10 Å². The van der Waals surface area contributed by atoms with Gasteiger partial charge in [0.2, 0.25) is 0 Å². The number of fused-ring (bicyclic) bond motifs is 2. The number of para-hydroxylation sites is 1. The lowest BCUT2D eigenvalue weighted by molar-refractivity contribution is -0.142. The second-order valence-corrected chi connectivity index (χ2v) is 9.76. The molecule has 0 fully saturated rings. The van der Waals surface area contributed by atoms with Crippen LogP contribution >= 0.6 is 15.9 Å². The highest BCUT2D eigenvalue weighted by molar-refractivity contribution is 9.10. The minimum atomic E-state index is -0.492. The first-order valence-corrected chi connectivity index (χ1v) is 13.0. The average Bonchev–Trinajstić information content (AvgIpc) is 3.29. The van der Waals surface area contributed by atoms with Crippen molar-refractivity contribution >= 4 is 49.5 Å². The molecule has 0 saturated carbocycles. The van der Waals surface area contributed by atoms with Gasteiger partial charge in [-0.2, -0.15) is 0 Å². The van der Waals surface area contributed by atoms with Crippen LogP contribution < -0.4 is 10.1 Å². The lowest BCUT2D eigenvalue weighted by Crippen LogP contribution is -2.22. The standard InChI is InChI=1S/C31H26BrNO5/c1-19-23-10-6-7-11-25(23)38-30(19)31(35)33-18-20-12-14-24-22(16-20)13-15-26(29(24)32)37-27(17-28(34)36-2)21-8-4-3-5-9-21/h3-16,27H,17-18H2,1-2H3,(H,33,35). The predicted octanol–water partition coefficient (Wildman–Crippen LogP) is 7.27. The summed E-state index contributed by atoms with van der Waals surface area (Å²) in [6.45, 7) is 2.25. The highest BCUT2D eigenvalue weighted by Crippen LogP contribution is 2.37. The van der Waals surface area contributed by atoms with Gasteiger partial charge in [0, 0.05) is 17.5 Å². The van der Waals surface area contributed by atoms with E-state index in [4.69, 9.17) is 13.9 Å². The summed E-state index contributed by atoms with van der Waals surface area (Å²) in [6.07, 6.45) is -0.400. The van der Waals surface area contributed by atoms with Gasteiger partial charge < -0.3 is 19.2 Å². The number of benzene rings is 4. The summed E-state index contributed by atoms with van der Waals surface area (Å²) in [4.78, 5) is 24.9. The van der Waals surface area contributed by atoms with Crippen molar-refractivity contribution in [1.82, 2.24) is 5.32 Å². The van der Waals surface area contributed by atoms with E-state index in [1.165, 1.54) is 7.11 Å². The van der Waals surface area contributed by atoms with Crippen LogP contribution in [-0.2, 0) is 16.1 Å². The van der Waals surface area contributed by atoms with Gasteiger partial charge in [-0.3, -0.25) is 9.59 Å². The molecule has 1 amide bonds. The Morgan fingerprint density at radius 3 is 2.47 bits per heavy atom. The Morgan fingerprint density at radius 1 is 0.947 bits per heavy atom. The zero-order chi connectivity index (χ0) is 26.6. The molecule has 0 spiro atoms. The highest BCUT2D eigenvalue weighted by atomic mass is 79.9. The zero-order valence-corrected chi connectivity index (χ0v) is 22.6. The molecule has 0 radical (unpaired) electrons. The van der Waals surface area contributed by atoms with Crippen LogP contribution in [-0.4, -0.2) is 19.0 Å². The summed E-state index contributed by atoms with van der Waals surface area (Å²) in [7, 11) is 1.37. The third-order valence-electron chi connectivity index (χ3n) is 6.51. The van der Waals surface area contributed by atoms with Gasteiger partial charge in [0.15, 0.2) is 5.76 Å². The Bertz CT molecular complexity index is 1630. The third-order valence-corrected chi connectivity index (χ3v) is 7.32. The number of halogens is 1. The molecule has 38 heavy (non-hydrogen) atoms. The van der Waals surface area contributed by atoms with Gasteiger partial charge in [-0.15, -0.1) is 0 Å². The maximum atomic E-state index is 12.8. The number of hydrogen-bond donors (Lipinski definition) is 1. The Morgan fingerprint density at radius 2 is 1.71 bits per heavy atom. The van der Waals surface area contributed by atoms with Gasteiger partial charge in [0.05, 0.1) is 18.0 Å². The van der Waals surface area contributed by atoms with E-state index in [1.807, 2.05) is 91.9 Å². The molecule has 0 bridgehead atoms. The average molecular weight is 572 g/mol. The molecule has 0 aliphatic carbocycles. The normalized spacial score (nSPS) is 11.9. The molecule has 5 aromatic rings. The number of aryl methyl sites for hydroxylation is 1. The van der Waals surface area contributed by atoms with Crippen LogP contribution in [0.25, 0.3) is 21.7 Å². The monoisotopic (exact) mass is 571 g/mol. The SMILES string of the molecule is COC(=O)CC(Oc1ccc2cc(CNC(=O)c3oc4ccccc4c3C)ccc2c1Br)c1ccccc1. The molecule has 0 aliphatic rings. The second kappa shape index (κ2) is 11.1. The predicted molar refractivity (Wildman–Crippen MR) is 150 cm³/mol. The molecule has 0 saturated heterocycles. The molecule has 5 rings (SSSR count). The van der Waals surface area contributed by atoms with E-state index in [0.717, 1.165) is 37.3 Å². The van der Waals surface area contributed by atoms with E-state index in [9.17, 15) is 9.59 Å². The summed E-state index contributed by atoms with van der Waals surface area (Å²) in [5, 5.41) is 5.84. The van der Waals surface area contributed by atoms with Crippen molar-refractivity contribution in [3.05, 3.63) is 112 Å². The smallest absolute Gasteiger partial charge is 0.309 e. The lowest BCUT2D eigenvalue weighted by Gasteiger charge is -2.20. The van der Waals surface area contributed by atoms with Crippen molar-refractivity contribution in [2.24, 2.45) is 0 Å². The molecule has 0 aliphatic heterocycles. The van der Waals surface area contributed by atoms with Crippen LogP contribution in [0.3, 0.4) is 0 Å². The molecule has 1 unspecified atom stereocenters. The number of furan rings is 1. The summed E-state index contributed by atoms with van der Waals surface area (Å²) in [5.41, 5.74) is 3.36. The van der Waals surface area contributed by atoms with Crippen LogP contribution in [0.1, 0.15) is 39.8 Å². The molecule has 1 heterocycles. The Kier molecular flexibility index (Phi) is 7.47. The number of methoxy groups -OCH3 is 1. The van der Waals surface area contributed by atoms with Crippen LogP contribution in [0.2, 0.25) is 0 Å². The van der Waals surface area contributed by atoms with Crippen LogP contribution in [0.5, 0.6) is 5.75 Å². The van der Waals surface area contributed by atoms with E-state index in [2.05, 4.69) is 21.2 Å². The summed E-state index contributed by atoms with van der Waals surface area (Å²) in [6, 6.07) is 27.0. The van der Waals surface area contributed by atoms with Crippen molar-refractivity contribution < 1.29 is 23.5 Å². The van der Waals surface area contributed by atoms with Crippen LogP contribution in [0.4, 0.5) is 0 Å². The summed E-state index contributed by atoms with van der Waals surface area (Å²) in [5.74, 6) is 0.356. The van der Waals surface area contributed by atoms with Gasteiger partial charge in [0.25, 0.3) is 5.91 Å². The number of rotatable bonds is 8. The molecule has 4 aromatic carbocycles. The van der Waals surface area contributed by atoms with Gasteiger partial charge in [-0.25, -0.2) is 0 Å². The first kappa shape index (κ1) is 25.5. The van der Waals surface area contributed by atoms with Crippen LogP contribution in [0.15, 0.2) is 93.8 Å². The Balaban J connectivity index is 1.33. The minimum absolute atomic E-state index is 0.0916. The maximum absolute atomic E-state index is 12.8. The molecule has 192 valence electrons. The zero-order valence-electron chi connectivity index (χ0n) is 21.0. The fourth-order valence-electron chi connectivity index (χ4n) is 4.46. The number of carbonyl (C=O) groups excluding carboxylic acids is 2. The molecule has 1 aromatic heterocycles. The largest absolute Gasteiger partial charge is 0.484 e. The topological polar surface area (TPSA) is 77.8 Å². The van der Waals surface area contributed by atoms with Crippen LogP contribution in [0, 0.1) is 6.92 Å². The first-order chi connectivity index (χ1) is 18.4. The molecule has 1 N–H and O–H groups in total. The summed E-state index contributed by atoms with van der Waals surface area (Å²) < 4.78 is 17.7. The Hall–Kier alpha value is -4.10. The van der Waals surface area contributed by atoms with Crippen molar-refractivity contribution in [3.63, 3.8) is 0 Å². The van der Waals surface area contributed by atoms with Crippen molar-refractivity contribution in [2.75, 3.05) is 7.11 Å². The van der Waals surface area contributed by atoms with E-state index >= 15 is 0 Å². The number of hydrogen-bond acceptors (Lipinski definition) is 5. The summed E-state index contributed by atoms with van der Waals surface area (Å²) >= 11 is 3.68. The number of esters is 1. The van der Waals surface area contributed by atoms with Crippen molar-refractivity contribution in [3.8, 4) is 5.75 Å². The molecule has 6 nitrogen and oxygen atoms in total. The molecule has 1 atom stereocenters. The first-order valence-electron chi connectivity index (χ1n) is 12.2. The number of amides is 1. The van der Waals surface area contributed by atoms with Crippen molar-refractivity contribution in [1.29, 1.82) is 0 Å². The highest BCUT2D eigenvalue weighted by Gasteiger charge is 2.21.